The second-order valence-corrected chi connectivity index (χ2v) is 4.42. The van der Waals surface area contributed by atoms with Gasteiger partial charge in [-0.25, -0.2) is 4.98 Å². The fourth-order valence-electron chi connectivity index (χ4n) is 2.15. The van der Waals surface area contributed by atoms with Gasteiger partial charge in [-0.05, 0) is 24.3 Å². The third-order valence-corrected chi connectivity index (χ3v) is 3.14. The minimum absolute atomic E-state index is 0.462. The van der Waals surface area contributed by atoms with Crippen molar-refractivity contribution >= 4 is 16.5 Å². The Morgan fingerprint density at radius 2 is 2.00 bits per heavy atom. The van der Waals surface area contributed by atoms with Crippen LogP contribution in [0.5, 0.6) is 5.88 Å². The summed E-state index contributed by atoms with van der Waals surface area (Å²) >= 11 is 0. The molecule has 2 heterocycles. The topological polar surface area (TPSA) is 47.0 Å². The number of pyridine rings is 2. The van der Waals surface area contributed by atoms with Crippen LogP contribution in [-0.2, 0) is 6.61 Å². The highest BCUT2D eigenvalue weighted by molar-refractivity contribution is 5.96. The number of nitrogens with one attached hydrogen (secondary N) is 1. The summed E-state index contributed by atoms with van der Waals surface area (Å²) in [6, 6.07) is 11.9. The third kappa shape index (κ3) is 2.40. The fourth-order valence-corrected chi connectivity index (χ4v) is 2.15. The molecule has 0 saturated carbocycles. The lowest BCUT2D eigenvalue weighted by Crippen LogP contribution is -1.99. The van der Waals surface area contributed by atoms with Crippen LogP contribution in [0.3, 0.4) is 0 Å². The van der Waals surface area contributed by atoms with E-state index in [9.17, 15) is 0 Å². The second-order valence-electron chi connectivity index (χ2n) is 4.42. The molecule has 0 amide bonds. The normalized spacial score (nSPS) is 10.4. The molecule has 2 aromatic heterocycles. The Hall–Kier alpha value is -2.62. The van der Waals surface area contributed by atoms with E-state index in [0.29, 0.717) is 12.5 Å². The standard InChI is InChI=1S/C16H15N3O/c1-17-15-6-2-5-14-13(15)7-9-19-16(14)20-11-12-4-3-8-18-10-12/h2-10,17H,11H2,1H3. The molecule has 3 aromatic rings. The molecule has 0 aliphatic rings. The summed E-state index contributed by atoms with van der Waals surface area (Å²) in [6.07, 6.45) is 5.31. The van der Waals surface area contributed by atoms with Crippen LogP contribution in [0.2, 0.25) is 0 Å². The second kappa shape index (κ2) is 5.57. The Kier molecular flexibility index (Phi) is 3.46. The highest BCUT2D eigenvalue weighted by Gasteiger charge is 2.06. The van der Waals surface area contributed by atoms with Gasteiger partial charge in [0, 0.05) is 47.7 Å². The molecule has 4 nitrogen and oxygen atoms in total. The third-order valence-electron chi connectivity index (χ3n) is 3.14. The van der Waals surface area contributed by atoms with Crippen molar-refractivity contribution in [2.24, 2.45) is 0 Å². The van der Waals surface area contributed by atoms with Crippen molar-refractivity contribution in [2.75, 3.05) is 12.4 Å². The highest BCUT2D eigenvalue weighted by atomic mass is 16.5. The van der Waals surface area contributed by atoms with Crippen LogP contribution < -0.4 is 10.1 Å². The van der Waals surface area contributed by atoms with Gasteiger partial charge in [0.2, 0.25) is 5.88 Å². The molecule has 1 aromatic carbocycles. The number of fused-ring (bicyclic) bond motifs is 1. The molecular weight excluding hydrogens is 250 g/mol. The van der Waals surface area contributed by atoms with E-state index in [0.717, 1.165) is 22.0 Å². The first-order valence-corrected chi connectivity index (χ1v) is 6.45. The van der Waals surface area contributed by atoms with Gasteiger partial charge in [-0.1, -0.05) is 12.1 Å². The van der Waals surface area contributed by atoms with Gasteiger partial charge in [0.25, 0.3) is 0 Å². The van der Waals surface area contributed by atoms with Gasteiger partial charge in [0.05, 0.1) is 0 Å². The molecule has 0 radical (unpaired) electrons. The summed E-state index contributed by atoms with van der Waals surface area (Å²) in [5.41, 5.74) is 2.09. The Morgan fingerprint density at radius 3 is 2.80 bits per heavy atom. The first-order valence-electron chi connectivity index (χ1n) is 6.45. The molecule has 0 bridgehead atoms. The average Bonchev–Trinajstić information content (AvgIpc) is 2.53. The number of hydrogen-bond acceptors (Lipinski definition) is 4. The zero-order valence-electron chi connectivity index (χ0n) is 11.2. The number of hydrogen-bond donors (Lipinski definition) is 1. The molecule has 0 saturated heterocycles. The fraction of sp³-hybridized carbons (Fsp3) is 0.125. The van der Waals surface area contributed by atoms with Gasteiger partial charge in [0.1, 0.15) is 6.61 Å². The number of anilines is 1. The number of nitrogens with zero attached hydrogens (tertiary/aromatic N) is 2. The summed E-state index contributed by atoms with van der Waals surface area (Å²) in [7, 11) is 1.91. The largest absolute Gasteiger partial charge is 0.472 e. The lowest BCUT2D eigenvalue weighted by Gasteiger charge is -2.10. The van der Waals surface area contributed by atoms with E-state index in [1.165, 1.54) is 0 Å². The van der Waals surface area contributed by atoms with Gasteiger partial charge in [-0.15, -0.1) is 0 Å². The zero-order chi connectivity index (χ0) is 13.8. The first-order chi connectivity index (χ1) is 9.88. The van der Waals surface area contributed by atoms with E-state index >= 15 is 0 Å². The van der Waals surface area contributed by atoms with Crippen LogP contribution in [0.4, 0.5) is 5.69 Å². The Bertz CT molecular complexity index is 713. The van der Waals surface area contributed by atoms with Gasteiger partial charge >= 0.3 is 0 Å². The first kappa shape index (κ1) is 12.4. The predicted molar refractivity (Wildman–Crippen MR) is 79.9 cm³/mol. The van der Waals surface area contributed by atoms with E-state index in [2.05, 4.69) is 15.3 Å². The lowest BCUT2D eigenvalue weighted by molar-refractivity contribution is 0.297. The summed E-state index contributed by atoms with van der Waals surface area (Å²) in [4.78, 5) is 8.40. The molecular formula is C16H15N3O. The molecule has 0 aliphatic carbocycles. The molecule has 20 heavy (non-hydrogen) atoms. The minimum atomic E-state index is 0.462. The molecule has 1 N–H and O–H groups in total. The van der Waals surface area contributed by atoms with Crippen LogP contribution >= 0.6 is 0 Å². The smallest absolute Gasteiger partial charge is 0.221 e. The van der Waals surface area contributed by atoms with Gasteiger partial charge < -0.3 is 10.1 Å². The van der Waals surface area contributed by atoms with Crippen molar-refractivity contribution in [3.8, 4) is 5.88 Å². The van der Waals surface area contributed by atoms with Crippen LogP contribution in [0.25, 0.3) is 10.8 Å². The van der Waals surface area contributed by atoms with Crippen LogP contribution in [-0.4, -0.2) is 17.0 Å². The van der Waals surface area contributed by atoms with E-state index in [-0.39, 0.29) is 0 Å². The number of rotatable bonds is 4. The maximum absolute atomic E-state index is 5.83. The summed E-state index contributed by atoms with van der Waals surface area (Å²) in [5, 5.41) is 5.28. The number of ether oxygens (including phenoxy) is 1. The lowest BCUT2D eigenvalue weighted by atomic mass is 10.1. The quantitative estimate of drug-likeness (QED) is 0.786. The average molecular weight is 265 g/mol. The van der Waals surface area contributed by atoms with Crippen molar-refractivity contribution in [1.82, 2.24) is 9.97 Å². The van der Waals surface area contributed by atoms with Crippen LogP contribution in [0.15, 0.2) is 55.0 Å². The van der Waals surface area contributed by atoms with Crippen molar-refractivity contribution in [3.63, 3.8) is 0 Å². The maximum Gasteiger partial charge on any atom is 0.221 e. The Labute approximate surface area is 117 Å². The van der Waals surface area contributed by atoms with Gasteiger partial charge in [0.15, 0.2) is 0 Å². The highest BCUT2D eigenvalue weighted by Crippen LogP contribution is 2.28. The molecule has 0 spiro atoms. The summed E-state index contributed by atoms with van der Waals surface area (Å²) in [6.45, 7) is 0.462. The summed E-state index contributed by atoms with van der Waals surface area (Å²) < 4.78 is 5.83. The van der Waals surface area contributed by atoms with Crippen molar-refractivity contribution in [2.45, 2.75) is 6.61 Å². The van der Waals surface area contributed by atoms with Crippen molar-refractivity contribution < 1.29 is 4.74 Å². The van der Waals surface area contributed by atoms with Crippen molar-refractivity contribution in [3.05, 3.63) is 60.6 Å². The Morgan fingerprint density at radius 1 is 1.05 bits per heavy atom. The number of benzene rings is 1. The van der Waals surface area contributed by atoms with E-state index in [1.807, 2.05) is 43.4 Å². The van der Waals surface area contributed by atoms with Crippen LogP contribution in [0, 0.1) is 0 Å². The van der Waals surface area contributed by atoms with Crippen LogP contribution in [0.1, 0.15) is 5.56 Å². The van der Waals surface area contributed by atoms with Gasteiger partial charge in [-0.2, -0.15) is 0 Å². The molecule has 0 aliphatic heterocycles. The van der Waals surface area contributed by atoms with E-state index in [1.54, 1.807) is 18.6 Å². The predicted octanol–water partition coefficient (Wildman–Crippen LogP) is 3.25. The maximum atomic E-state index is 5.83. The monoisotopic (exact) mass is 265 g/mol. The molecule has 3 rings (SSSR count). The molecule has 0 atom stereocenters. The molecule has 4 heteroatoms. The van der Waals surface area contributed by atoms with E-state index in [4.69, 9.17) is 4.74 Å². The SMILES string of the molecule is CNc1cccc2c(OCc3cccnc3)nccc12. The molecule has 100 valence electrons. The summed E-state index contributed by atoms with van der Waals surface area (Å²) in [5.74, 6) is 0.642. The van der Waals surface area contributed by atoms with Crippen molar-refractivity contribution in [1.29, 1.82) is 0 Å². The molecule has 0 unspecified atom stereocenters. The Balaban J connectivity index is 1.92. The van der Waals surface area contributed by atoms with E-state index < -0.39 is 0 Å². The number of aromatic nitrogens is 2. The van der Waals surface area contributed by atoms with Gasteiger partial charge in [-0.3, -0.25) is 4.98 Å². The molecule has 0 fully saturated rings. The minimum Gasteiger partial charge on any atom is -0.472 e. The zero-order valence-corrected chi connectivity index (χ0v) is 11.2.